The maximum Gasteiger partial charge on any atom is 0.165 e. The van der Waals surface area contributed by atoms with Crippen molar-refractivity contribution in [3.8, 4) is 0 Å². The van der Waals surface area contributed by atoms with Gasteiger partial charge in [0.15, 0.2) is 5.82 Å². The van der Waals surface area contributed by atoms with Gasteiger partial charge in [-0.15, -0.1) is 5.10 Å². The van der Waals surface area contributed by atoms with Crippen LogP contribution in [0.5, 0.6) is 0 Å². The first-order valence-corrected chi connectivity index (χ1v) is 6.54. The van der Waals surface area contributed by atoms with E-state index in [-0.39, 0.29) is 5.60 Å². The van der Waals surface area contributed by atoms with Crippen LogP contribution in [0, 0.1) is 5.92 Å². The number of aromatic nitrogens is 4. The van der Waals surface area contributed by atoms with Crippen molar-refractivity contribution in [3.63, 3.8) is 0 Å². The zero-order valence-electron chi connectivity index (χ0n) is 12.1. The first-order valence-electron chi connectivity index (χ1n) is 6.54. The van der Waals surface area contributed by atoms with Gasteiger partial charge in [0.05, 0.1) is 18.7 Å². The lowest BCUT2D eigenvalue weighted by Gasteiger charge is -2.24. The SMILES string of the molecule is CCOC(C)(C)Cn1nnnc1CNCC(C)C. The van der Waals surface area contributed by atoms with Crippen LogP contribution in [0.25, 0.3) is 0 Å². The second-order valence-corrected chi connectivity index (χ2v) is 5.47. The topological polar surface area (TPSA) is 64.9 Å². The fraction of sp³-hybridized carbons (Fsp3) is 0.917. The van der Waals surface area contributed by atoms with Crippen molar-refractivity contribution < 1.29 is 4.74 Å². The van der Waals surface area contributed by atoms with Gasteiger partial charge in [-0.2, -0.15) is 0 Å². The predicted octanol–water partition coefficient (Wildman–Crippen LogP) is 1.23. The van der Waals surface area contributed by atoms with Gasteiger partial charge in [-0.05, 0) is 43.7 Å². The highest BCUT2D eigenvalue weighted by molar-refractivity contribution is 4.83. The Balaban J connectivity index is 2.54. The molecule has 18 heavy (non-hydrogen) atoms. The number of tetrazole rings is 1. The Kier molecular flexibility index (Phi) is 5.68. The average Bonchev–Trinajstić information content (AvgIpc) is 2.64. The van der Waals surface area contributed by atoms with Crippen molar-refractivity contribution in [2.75, 3.05) is 13.2 Å². The third kappa shape index (κ3) is 5.10. The van der Waals surface area contributed by atoms with Crippen LogP contribution < -0.4 is 5.32 Å². The third-order valence-corrected chi connectivity index (χ3v) is 2.51. The summed E-state index contributed by atoms with van der Waals surface area (Å²) in [6, 6.07) is 0. The van der Waals surface area contributed by atoms with Crippen LogP contribution in [0.4, 0.5) is 0 Å². The molecular weight excluding hydrogens is 230 g/mol. The molecule has 0 bridgehead atoms. The molecular formula is C12H25N5O. The molecule has 0 unspecified atom stereocenters. The molecule has 1 aromatic heterocycles. The third-order valence-electron chi connectivity index (χ3n) is 2.51. The van der Waals surface area contributed by atoms with Crippen LogP contribution in [0.2, 0.25) is 0 Å². The number of hydrogen-bond donors (Lipinski definition) is 1. The molecule has 0 aromatic carbocycles. The molecule has 1 heterocycles. The fourth-order valence-electron chi connectivity index (χ4n) is 1.74. The number of nitrogens with zero attached hydrogens (tertiary/aromatic N) is 4. The second kappa shape index (κ2) is 6.80. The lowest BCUT2D eigenvalue weighted by atomic mass is 10.1. The highest BCUT2D eigenvalue weighted by atomic mass is 16.5. The van der Waals surface area contributed by atoms with Crippen LogP contribution >= 0.6 is 0 Å². The Morgan fingerprint density at radius 1 is 1.39 bits per heavy atom. The van der Waals surface area contributed by atoms with Crippen LogP contribution in [-0.2, 0) is 17.8 Å². The Bertz CT molecular complexity index is 348. The Morgan fingerprint density at radius 3 is 2.72 bits per heavy atom. The van der Waals surface area contributed by atoms with Gasteiger partial charge in [0.2, 0.25) is 0 Å². The van der Waals surface area contributed by atoms with Gasteiger partial charge < -0.3 is 10.1 Å². The van der Waals surface area contributed by atoms with E-state index in [0.717, 1.165) is 12.4 Å². The van der Waals surface area contributed by atoms with Crippen molar-refractivity contribution in [1.29, 1.82) is 0 Å². The molecule has 1 aromatic rings. The molecule has 0 fully saturated rings. The van der Waals surface area contributed by atoms with Crippen molar-refractivity contribution >= 4 is 0 Å². The van der Waals surface area contributed by atoms with Gasteiger partial charge in [0.25, 0.3) is 0 Å². The number of hydrogen-bond acceptors (Lipinski definition) is 5. The van der Waals surface area contributed by atoms with E-state index in [2.05, 4.69) is 34.7 Å². The van der Waals surface area contributed by atoms with E-state index in [0.29, 0.717) is 25.6 Å². The highest BCUT2D eigenvalue weighted by Gasteiger charge is 2.21. The molecule has 6 heteroatoms. The summed E-state index contributed by atoms with van der Waals surface area (Å²) in [4.78, 5) is 0. The Hall–Kier alpha value is -1.01. The zero-order valence-corrected chi connectivity index (χ0v) is 12.1. The van der Waals surface area contributed by atoms with Gasteiger partial charge in [-0.25, -0.2) is 4.68 Å². The first kappa shape index (κ1) is 15.0. The first-order chi connectivity index (χ1) is 8.44. The largest absolute Gasteiger partial charge is 0.374 e. The van der Waals surface area contributed by atoms with Crippen molar-refractivity contribution in [1.82, 2.24) is 25.5 Å². The summed E-state index contributed by atoms with van der Waals surface area (Å²) in [5.74, 6) is 1.47. The summed E-state index contributed by atoms with van der Waals surface area (Å²) < 4.78 is 7.47. The molecule has 0 amide bonds. The molecule has 0 spiro atoms. The lowest BCUT2D eigenvalue weighted by Crippen LogP contribution is -2.32. The highest BCUT2D eigenvalue weighted by Crippen LogP contribution is 2.12. The van der Waals surface area contributed by atoms with Gasteiger partial charge in [-0.1, -0.05) is 13.8 Å². The molecule has 6 nitrogen and oxygen atoms in total. The molecule has 0 aliphatic heterocycles. The van der Waals surface area contributed by atoms with E-state index in [9.17, 15) is 0 Å². The number of nitrogens with one attached hydrogen (secondary N) is 1. The van der Waals surface area contributed by atoms with Crippen LogP contribution in [0.1, 0.15) is 40.4 Å². The van der Waals surface area contributed by atoms with E-state index in [1.165, 1.54) is 0 Å². The minimum absolute atomic E-state index is 0.253. The van der Waals surface area contributed by atoms with Crippen molar-refractivity contribution in [3.05, 3.63) is 5.82 Å². The standard InChI is InChI=1S/C12H25N5O/c1-6-18-12(4,5)9-17-11(14-15-16-17)8-13-7-10(2)3/h10,13H,6-9H2,1-5H3. The summed E-state index contributed by atoms with van der Waals surface area (Å²) >= 11 is 0. The van der Waals surface area contributed by atoms with Crippen molar-refractivity contribution in [2.24, 2.45) is 5.92 Å². The van der Waals surface area contributed by atoms with Gasteiger partial charge in [0, 0.05) is 6.61 Å². The molecule has 104 valence electrons. The normalized spacial score (nSPS) is 12.3. The van der Waals surface area contributed by atoms with Gasteiger partial charge >= 0.3 is 0 Å². The fourth-order valence-corrected chi connectivity index (χ4v) is 1.74. The number of ether oxygens (including phenoxy) is 1. The van der Waals surface area contributed by atoms with Gasteiger partial charge in [0.1, 0.15) is 0 Å². The predicted molar refractivity (Wildman–Crippen MR) is 70.1 cm³/mol. The zero-order chi connectivity index (χ0) is 13.6. The van der Waals surface area contributed by atoms with E-state index >= 15 is 0 Å². The van der Waals surface area contributed by atoms with Crippen LogP contribution in [0.15, 0.2) is 0 Å². The maximum absolute atomic E-state index is 5.66. The summed E-state index contributed by atoms with van der Waals surface area (Å²) in [6.07, 6.45) is 0. The van der Waals surface area contributed by atoms with Crippen molar-refractivity contribution in [2.45, 2.75) is 53.3 Å². The Labute approximate surface area is 109 Å². The molecule has 0 saturated heterocycles. The maximum atomic E-state index is 5.66. The Morgan fingerprint density at radius 2 is 2.11 bits per heavy atom. The van der Waals surface area contributed by atoms with E-state index < -0.39 is 0 Å². The minimum Gasteiger partial charge on any atom is -0.374 e. The minimum atomic E-state index is -0.253. The van der Waals surface area contributed by atoms with Gasteiger partial charge in [-0.3, -0.25) is 0 Å². The molecule has 0 aliphatic carbocycles. The lowest BCUT2D eigenvalue weighted by molar-refractivity contribution is -0.0256. The molecule has 0 aliphatic rings. The number of rotatable bonds is 8. The van der Waals surface area contributed by atoms with E-state index in [1.807, 2.05) is 25.5 Å². The molecule has 0 saturated carbocycles. The molecule has 0 radical (unpaired) electrons. The van der Waals surface area contributed by atoms with Crippen LogP contribution in [-0.4, -0.2) is 39.0 Å². The van der Waals surface area contributed by atoms with E-state index in [4.69, 9.17) is 4.74 Å². The molecule has 1 rings (SSSR count). The van der Waals surface area contributed by atoms with E-state index in [1.54, 1.807) is 0 Å². The summed E-state index contributed by atoms with van der Waals surface area (Å²) in [5, 5.41) is 15.1. The monoisotopic (exact) mass is 255 g/mol. The quantitative estimate of drug-likeness (QED) is 0.757. The summed E-state index contributed by atoms with van der Waals surface area (Å²) in [7, 11) is 0. The molecule has 0 atom stereocenters. The molecule has 1 N–H and O–H groups in total. The second-order valence-electron chi connectivity index (χ2n) is 5.47. The summed E-state index contributed by atoms with van der Waals surface area (Å²) in [5.41, 5.74) is -0.253. The summed E-state index contributed by atoms with van der Waals surface area (Å²) in [6.45, 7) is 13.4. The van der Waals surface area contributed by atoms with Crippen LogP contribution in [0.3, 0.4) is 0 Å². The average molecular weight is 255 g/mol. The smallest absolute Gasteiger partial charge is 0.165 e.